The second-order valence-corrected chi connectivity index (χ2v) is 4.11. The van der Waals surface area contributed by atoms with E-state index in [1.165, 1.54) is 6.42 Å². The molecule has 0 aromatic carbocycles. The Labute approximate surface area is 90.3 Å². The summed E-state index contributed by atoms with van der Waals surface area (Å²) in [7, 11) is 0. The van der Waals surface area contributed by atoms with Crippen molar-refractivity contribution in [2.24, 2.45) is 10.9 Å². The number of hydrogen-bond acceptors (Lipinski definition) is 4. The highest BCUT2D eigenvalue weighted by Crippen LogP contribution is 2.18. The molecule has 5 N–H and O–H groups in total. The van der Waals surface area contributed by atoms with Crippen molar-refractivity contribution in [2.45, 2.75) is 50.7 Å². The lowest BCUT2D eigenvalue weighted by molar-refractivity contribution is 0.0911. The Kier molecular flexibility index (Phi) is 5.42. The molecule has 1 rings (SSSR count). The van der Waals surface area contributed by atoms with Crippen LogP contribution in [0.2, 0.25) is 0 Å². The second kappa shape index (κ2) is 6.63. The third kappa shape index (κ3) is 4.48. The van der Waals surface area contributed by atoms with Gasteiger partial charge in [0.05, 0.1) is 6.10 Å². The molecule has 2 atom stereocenters. The van der Waals surface area contributed by atoms with Crippen molar-refractivity contribution in [3.8, 4) is 0 Å². The highest BCUT2D eigenvalue weighted by Gasteiger charge is 2.21. The summed E-state index contributed by atoms with van der Waals surface area (Å²) in [5.74, 6) is 0.265. The van der Waals surface area contributed by atoms with Crippen LogP contribution >= 0.6 is 0 Å². The Morgan fingerprint density at radius 1 is 1.40 bits per heavy atom. The summed E-state index contributed by atoms with van der Waals surface area (Å²) in [4.78, 5) is 0. The quantitative estimate of drug-likeness (QED) is 0.176. The maximum absolute atomic E-state index is 9.67. The molecule has 5 nitrogen and oxygen atoms in total. The summed E-state index contributed by atoms with van der Waals surface area (Å²) in [5, 5.41) is 24.2. The molecule has 2 unspecified atom stereocenters. The molecule has 0 spiro atoms. The molecule has 88 valence electrons. The number of amidine groups is 1. The van der Waals surface area contributed by atoms with Crippen LogP contribution in [-0.2, 0) is 0 Å². The number of hydrogen-bond donors (Lipinski definition) is 4. The van der Waals surface area contributed by atoms with Crippen LogP contribution < -0.4 is 11.1 Å². The normalized spacial score (nSPS) is 27.9. The summed E-state index contributed by atoms with van der Waals surface area (Å²) in [6.45, 7) is 0.804. The van der Waals surface area contributed by atoms with Crippen molar-refractivity contribution in [1.29, 1.82) is 0 Å². The van der Waals surface area contributed by atoms with Crippen LogP contribution in [-0.4, -0.2) is 34.8 Å². The first kappa shape index (κ1) is 12.3. The molecule has 0 aromatic rings. The molecule has 0 aliphatic heterocycles. The molecule has 0 bridgehead atoms. The van der Waals surface area contributed by atoms with Crippen molar-refractivity contribution in [3.05, 3.63) is 0 Å². The lowest BCUT2D eigenvalue weighted by Crippen LogP contribution is -2.42. The molecule has 1 aliphatic carbocycles. The highest BCUT2D eigenvalue weighted by molar-refractivity contribution is 5.79. The summed E-state index contributed by atoms with van der Waals surface area (Å²) < 4.78 is 0. The van der Waals surface area contributed by atoms with E-state index in [9.17, 15) is 5.11 Å². The smallest absolute Gasteiger partial charge is 0.139 e. The first-order valence-corrected chi connectivity index (χ1v) is 5.62. The first-order valence-electron chi connectivity index (χ1n) is 5.62. The minimum atomic E-state index is -0.206. The van der Waals surface area contributed by atoms with Crippen molar-refractivity contribution in [2.75, 3.05) is 6.54 Å². The van der Waals surface area contributed by atoms with Crippen molar-refractivity contribution in [3.63, 3.8) is 0 Å². The van der Waals surface area contributed by atoms with Gasteiger partial charge in [0, 0.05) is 12.5 Å². The second-order valence-electron chi connectivity index (χ2n) is 4.11. The molecule has 1 saturated carbocycles. The molecule has 0 radical (unpaired) electrons. The summed E-state index contributed by atoms with van der Waals surface area (Å²) in [6, 6.07) is 0.228. The number of nitrogens with one attached hydrogen (secondary N) is 1. The van der Waals surface area contributed by atoms with Crippen LogP contribution in [0.5, 0.6) is 0 Å². The van der Waals surface area contributed by atoms with Crippen LogP contribution in [0.15, 0.2) is 5.16 Å². The fourth-order valence-corrected chi connectivity index (χ4v) is 1.96. The van der Waals surface area contributed by atoms with Crippen LogP contribution in [0, 0.1) is 0 Å². The van der Waals surface area contributed by atoms with Crippen LogP contribution in [0.4, 0.5) is 0 Å². The number of nitrogens with two attached hydrogens (primary N) is 1. The van der Waals surface area contributed by atoms with Crippen molar-refractivity contribution >= 4 is 5.84 Å². The maximum atomic E-state index is 9.67. The van der Waals surface area contributed by atoms with Crippen LogP contribution in [0.3, 0.4) is 0 Å². The molecule has 1 aliphatic rings. The third-order valence-corrected chi connectivity index (χ3v) is 2.87. The number of aliphatic hydroxyl groups is 1. The Balaban J connectivity index is 2.08. The van der Waals surface area contributed by atoms with E-state index in [-0.39, 0.29) is 18.0 Å². The van der Waals surface area contributed by atoms with E-state index in [1.807, 2.05) is 0 Å². The summed E-state index contributed by atoms with van der Waals surface area (Å²) in [5.41, 5.74) is 5.34. The van der Waals surface area contributed by atoms with Gasteiger partial charge in [-0.15, -0.1) is 0 Å². The number of rotatable bonds is 5. The molecule has 0 saturated heterocycles. The van der Waals surface area contributed by atoms with E-state index in [0.717, 1.165) is 32.2 Å². The summed E-state index contributed by atoms with van der Waals surface area (Å²) in [6.07, 6.45) is 5.48. The van der Waals surface area contributed by atoms with Gasteiger partial charge in [-0.05, 0) is 25.8 Å². The SMILES string of the molecule is NC(CCCNC1CCCCC1O)=NO. The van der Waals surface area contributed by atoms with Gasteiger partial charge in [-0.25, -0.2) is 0 Å². The predicted octanol–water partition coefficient (Wildman–Crippen LogP) is 0.406. The van der Waals surface area contributed by atoms with E-state index in [1.54, 1.807) is 0 Å². The van der Waals surface area contributed by atoms with E-state index >= 15 is 0 Å². The van der Waals surface area contributed by atoms with Gasteiger partial charge in [0.25, 0.3) is 0 Å². The Morgan fingerprint density at radius 2 is 2.13 bits per heavy atom. The molecule has 1 fully saturated rings. The molecule has 15 heavy (non-hydrogen) atoms. The minimum Gasteiger partial charge on any atom is -0.409 e. The fourth-order valence-electron chi connectivity index (χ4n) is 1.96. The van der Waals surface area contributed by atoms with Gasteiger partial charge in [-0.3, -0.25) is 0 Å². The van der Waals surface area contributed by atoms with Gasteiger partial charge in [0.15, 0.2) is 0 Å². The van der Waals surface area contributed by atoms with Gasteiger partial charge >= 0.3 is 0 Å². The molecule has 5 heteroatoms. The highest BCUT2D eigenvalue weighted by atomic mass is 16.4. The van der Waals surface area contributed by atoms with E-state index < -0.39 is 0 Å². The van der Waals surface area contributed by atoms with Crippen LogP contribution in [0.1, 0.15) is 38.5 Å². The van der Waals surface area contributed by atoms with Crippen molar-refractivity contribution < 1.29 is 10.3 Å². The number of nitrogens with zero attached hydrogens (tertiary/aromatic N) is 1. The van der Waals surface area contributed by atoms with E-state index in [0.29, 0.717) is 6.42 Å². The molecular weight excluding hydrogens is 194 g/mol. The van der Waals surface area contributed by atoms with Crippen LogP contribution in [0.25, 0.3) is 0 Å². The van der Waals surface area contributed by atoms with Gasteiger partial charge in [-0.1, -0.05) is 18.0 Å². The summed E-state index contributed by atoms with van der Waals surface area (Å²) >= 11 is 0. The van der Waals surface area contributed by atoms with Gasteiger partial charge in [-0.2, -0.15) is 0 Å². The zero-order chi connectivity index (χ0) is 11.1. The first-order chi connectivity index (χ1) is 7.24. The third-order valence-electron chi connectivity index (χ3n) is 2.87. The fraction of sp³-hybridized carbons (Fsp3) is 0.900. The molecule has 0 heterocycles. The zero-order valence-corrected chi connectivity index (χ0v) is 9.02. The standard InChI is InChI=1S/C10H21N3O2/c11-10(13-15)6-3-7-12-8-4-1-2-5-9(8)14/h8-9,12,14-15H,1-7H2,(H2,11,13). The monoisotopic (exact) mass is 215 g/mol. The van der Waals surface area contributed by atoms with E-state index in [2.05, 4.69) is 10.5 Å². The lowest BCUT2D eigenvalue weighted by atomic mass is 9.92. The number of aliphatic hydroxyl groups excluding tert-OH is 1. The maximum Gasteiger partial charge on any atom is 0.139 e. The zero-order valence-electron chi connectivity index (χ0n) is 9.02. The molecule has 0 aromatic heterocycles. The lowest BCUT2D eigenvalue weighted by Gasteiger charge is -2.28. The predicted molar refractivity (Wildman–Crippen MR) is 58.9 cm³/mol. The Hall–Kier alpha value is -0.810. The minimum absolute atomic E-state index is 0.206. The van der Waals surface area contributed by atoms with Gasteiger partial charge < -0.3 is 21.4 Å². The van der Waals surface area contributed by atoms with Gasteiger partial charge in [0.1, 0.15) is 5.84 Å². The average molecular weight is 215 g/mol. The average Bonchev–Trinajstić information content (AvgIpc) is 2.26. The topological polar surface area (TPSA) is 90.9 Å². The van der Waals surface area contributed by atoms with Gasteiger partial charge in [0.2, 0.25) is 0 Å². The van der Waals surface area contributed by atoms with Crippen molar-refractivity contribution in [1.82, 2.24) is 5.32 Å². The Morgan fingerprint density at radius 3 is 2.80 bits per heavy atom. The largest absolute Gasteiger partial charge is 0.409 e. The van der Waals surface area contributed by atoms with E-state index in [4.69, 9.17) is 10.9 Å². The molecular formula is C10H21N3O2. The number of oxime groups is 1. The molecule has 0 amide bonds. The Bertz CT molecular complexity index is 209.